The van der Waals surface area contributed by atoms with Crippen LogP contribution in [0.15, 0.2) is 24.0 Å². The van der Waals surface area contributed by atoms with Crippen molar-refractivity contribution in [3.05, 3.63) is 48.6 Å². The number of hydrogen-bond acceptors (Lipinski definition) is 2. The normalized spacial score (nSPS) is 20.3. The second-order valence-electron chi connectivity index (χ2n) is 5.35. The van der Waals surface area contributed by atoms with Crippen LogP contribution in [0.3, 0.4) is 0 Å². The molecule has 0 saturated carbocycles. The fourth-order valence-electron chi connectivity index (χ4n) is 3.08. The number of aryl methyl sites for hydroxylation is 1. The molecule has 3 rings (SSSR count). The van der Waals surface area contributed by atoms with Crippen molar-refractivity contribution in [2.45, 2.75) is 38.6 Å². The third-order valence-electron chi connectivity index (χ3n) is 4.11. The molecule has 1 amide bonds. The van der Waals surface area contributed by atoms with E-state index in [1.54, 1.807) is 6.07 Å². The zero-order valence-electron chi connectivity index (χ0n) is 13.1. The molecule has 0 aromatic heterocycles. The summed E-state index contributed by atoms with van der Waals surface area (Å²) in [6.07, 6.45) is 4.11. The molecule has 2 aliphatic heterocycles. The van der Waals surface area contributed by atoms with Crippen molar-refractivity contribution < 1.29 is 63.7 Å². The van der Waals surface area contributed by atoms with Gasteiger partial charge in [-0.3, -0.25) is 4.79 Å². The van der Waals surface area contributed by atoms with Crippen LogP contribution in [0.4, 0.5) is 0 Å². The van der Waals surface area contributed by atoms with E-state index in [9.17, 15) is 9.90 Å². The van der Waals surface area contributed by atoms with Crippen molar-refractivity contribution >= 4 is 11.5 Å². The summed E-state index contributed by atoms with van der Waals surface area (Å²) in [5.74, 6) is 0.215. The molecule has 1 radical (unpaired) electrons. The standard InChI is InChI=1S/C16H18NO2.CH3.W.Y/c1-11-7-4-5-8-12(11)14-15(18)13-9-3-2-6-10-17(13)16(14)19;;;/h4-5,7,13,18H,2-3,6,9-10H2,1H3;1H3;;/q2*-1;;. The summed E-state index contributed by atoms with van der Waals surface area (Å²) in [4.78, 5) is 14.4. The van der Waals surface area contributed by atoms with Gasteiger partial charge in [0.2, 0.25) is 5.91 Å². The van der Waals surface area contributed by atoms with Crippen LogP contribution in [0.25, 0.3) is 5.57 Å². The molecule has 1 aromatic rings. The smallest absolute Gasteiger partial charge is 0.216 e. The Balaban J connectivity index is 0.00000147. The Morgan fingerprint density at radius 2 is 2.05 bits per heavy atom. The monoisotopic (exact) mass is 544 g/mol. The van der Waals surface area contributed by atoms with Gasteiger partial charge < -0.3 is 17.4 Å². The van der Waals surface area contributed by atoms with E-state index in [0.717, 1.165) is 43.4 Å². The van der Waals surface area contributed by atoms with E-state index in [-0.39, 0.29) is 78.9 Å². The number of carbonyl (C=O) groups excluding carboxylic acids is 1. The second kappa shape index (κ2) is 9.35. The maximum atomic E-state index is 12.5. The number of benzene rings is 1. The van der Waals surface area contributed by atoms with Gasteiger partial charge in [0, 0.05) is 65.9 Å². The van der Waals surface area contributed by atoms with Gasteiger partial charge in [-0.1, -0.05) is 19.8 Å². The van der Waals surface area contributed by atoms with Gasteiger partial charge in [0.05, 0.1) is 11.8 Å². The maximum absolute atomic E-state index is 12.5. The number of aliphatic hydroxyl groups excluding tert-OH is 1. The summed E-state index contributed by atoms with van der Waals surface area (Å²) in [5.41, 5.74) is 2.19. The van der Waals surface area contributed by atoms with E-state index < -0.39 is 0 Å². The molecule has 117 valence electrons. The Morgan fingerprint density at radius 1 is 1.32 bits per heavy atom. The Morgan fingerprint density at radius 3 is 2.73 bits per heavy atom. The first-order valence-electron chi connectivity index (χ1n) is 6.92. The molecule has 1 aromatic carbocycles. The van der Waals surface area contributed by atoms with Crippen LogP contribution in [-0.4, -0.2) is 28.5 Å². The summed E-state index contributed by atoms with van der Waals surface area (Å²) < 4.78 is 0. The Kier molecular flexibility index (Phi) is 9.36. The van der Waals surface area contributed by atoms with Crippen molar-refractivity contribution in [2.75, 3.05) is 6.54 Å². The largest absolute Gasteiger partial charge is 0.519 e. The maximum Gasteiger partial charge on any atom is 0.216 e. The molecule has 22 heavy (non-hydrogen) atoms. The Hall–Kier alpha value is 0.0222. The van der Waals surface area contributed by atoms with Crippen LogP contribution < -0.4 is 0 Å². The molecule has 1 atom stereocenters. The molecule has 0 spiro atoms. The second-order valence-corrected chi connectivity index (χ2v) is 5.35. The van der Waals surface area contributed by atoms with E-state index in [1.807, 2.05) is 24.0 Å². The number of amides is 1. The molecule has 1 unspecified atom stereocenters. The quantitative estimate of drug-likeness (QED) is 0.552. The van der Waals surface area contributed by atoms with Gasteiger partial charge in [-0.15, -0.1) is 35.4 Å². The third-order valence-corrected chi connectivity index (χ3v) is 4.11. The zero-order chi connectivity index (χ0) is 13.4. The van der Waals surface area contributed by atoms with Crippen molar-refractivity contribution in [1.29, 1.82) is 0 Å². The summed E-state index contributed by atoms with van der Waals surface area (Å²) in [5, 5.41) is 10.5. The third kappa shape index (κ3) is 3.91. The predicted octanol–water partition coefficient (Wildman–Crippen LogP) is 3.29. The SMILES string of the molecule is Cc1ccc[c-]c1C1=C(O)C2CCCCCN2C1=O.[CH3-].[W].[Y]. The predicted molar refractivity (Wildman–Crippen MR) is 79.9 cm³/mol. The van der Waals surface area contributed by atoms with Crippen LogP contribution in [0.2, 0.25) is 0 Å². The molecule has 3 nitrogen and oxygen atoms in total. The van der Waals surface area contributed by atoms with Gasteiger partial charge in [0.1, 0.15) is 0 Å². The molecule has 0 bridgehead atoms. The first-order chi connectivity index (χ1) is 9.20. The van der Waals surface area contributed by atoms with Gasteiger partial charge >= 0.3 is 0 Å². The van der Waals surface area contributed by atoms with E-state index in [2.05, 4.69) is 6.07 Å². The van der Waals surface area contributed by atoms with Gasteiger partial charge in [-0.05, 0) is 12.8 Å². The minimum Gasteiger partial charge on any atom is -0.519 e. The fourth-order valence-corrected chi connectivity index (χ4v) is 3.08. The molecule has 2 aliphatic rings. The van der Waals surface area contributed by atoms with Gasteiger partial charge in [-0.25, -0.2) is 0 Å². The van der Waals surface area contributed by atoms with Crippen LogP contribution in [-0.2, 0) is 58.6 Å². The summed E-state index contributed by atoms with van der Waals surface area (Å²) in [6.45, 7) is 2.70. The summed E-state index contributed by atoms with van der Waals surface area (Å²) in [7, 11) is 0. The first kappa shape index (κ1) is 22.0. The molecule has 0 aliphatic carbocycles. The Bertz CT molecular complexity index is 559. The van der Waals surface area contributed by atoms with E-state index >= 15 is 0 Å². The van der Waals surface area contributed by atoms with Crippen LogP contribution in [0.1, 0.15) is 36.8 Å². The minimum absolute atomic E-state index is 0. The molecular weight excluding hydrogens is 523 g/mol. The van der Waals surface area contributed by atoms with Crippen molar-refractivity contribution in [2.24, 2.45) is 0 Å². The van der Waals surface area contributed by atoms with Crippen molar-refractivity contribution in [3.63, 3.8) is 0 Å². The number of hydrogen-bond donors (Lipinski definition) is 1. The number of fused-ring (bicyclic) bond motifs is 1. The fraction of sp³-hybridized carbons (Fsp3) is 0.412. The van der Waals surface area contributed by atoms with Crippen LogP contribution in [0, 0.1) is 20.4 Å². The average Bonchev–Trinajstić information content (AvgIpc) is 2.61. The summed E-state index contributed by atoms with van der Waals surface area (Å²) in [6, 6.07) is 8.62. The topological polar surface area (TPSA) is 40.5 Å². The molecule has 1 N–H and O–H groups in total. The van der Waals surface area contributed by atoms with Gasteiger partial charge in [-0.2, -0.15) is 0 Å². The van der Waals surface area contributed by atoms with Crippen molar-refractivity contribution in [3.8, 4) is 0 Å². The molecular formula is C17H21NO2WY-2. The molecule has 1 fully saturated rings. The molecule has 5 heteroatoms. The van der Waals surface area contributed by atoms with Crippen LogP contribution >= 0.6 is 0 Å². The minimum atomic E-state index is -0.113. The number of rotatable bonds is 1. The van der Waals surface area contributed by atoms with E-state index in [4.69, 9.17) is 0 Å². The van der Waals surface area contributed by atoms with E-state index in [1.165, 1.54) is 0 Å². The van der Waals surface area contributed by atoms with Gasteiger partial charge in [0.15, 0.2) is 0 Å². The van der Waals surface area contributed by atoms with Gasteiger partial charge in [0.25, 0.3) is 0 Å². The Labute approximate surface area is 172 Å². The molecule has 2 heterocycles. The number of carbonyl (C=O) groups is 1. The van der Waals surface area contributed by atoms with Crippen molar-refractivity contribution in [1.82, 2.24) is 4.90 Å². The molecule has 1 saturated heterocycles. The van der Waals surface area contributed by atoms with E-state index in [0.29, 0.717) is 5.57 Å². The van der Waals surface area contributed by atoms with Crippen LogP contribution in [0.5, 0.6) is 0 Å². The number of nitrogens with zero attached hydrogens (tertiary/aromatic N) is 1. The first-order valence-corrected chi connectivity index (χ1v) is 6.92. The average molecular weight is 544 g/mol. The zero-order valence-corrected chi connectivity index (χ0v) is 18.9. The summed E-state index contributed by atoms with van der Waals surface area (Å²) >= 11 is 0. The number of aliphatic hydroxyl groups is 1.